The Morgan fingerprint density at radius 3 is 1.41 bits per heavy atom. The third-order valence-electron chi connectivity index (χ3n) is 3.61. The predicted molar refractivity (Wildman–Crippen MR) is 90.3 cm³/mol. The fourth-order valence-electron chi connectivity index (χ4n) is 2.29. The van der Waals surface area contributed by atoms with Crippen molar-refractivity contribution in [2.24, 2.45) is 0 Å². The van der Waals surface area contributed by atoms with Gasteiger partial charge in [0.2, 0.25) is 0 Å². The molecule has 3 nitrogen and oxygen atoms in total. The maximum atomic E-state index is 11.7. The second-order valence-corrected chi connectivity index (χ2v) is 5.71. The van der Waals surface area contributed by atoms with E-state index in [9.17, 15) is 4.39 Å². The number of hydrogen-bond acceptors (Lipinski definition) is 3. The van der Waals surface area contributed by atoms with Gasteiger partial charge in [-0.15, -0.1) is 0 Å². The summed E-state index contributed by atoms with van der Waals surface area (Å²) in [5.41, 5.74) is 0. The predicted octanol–water partition coefficient (Wildman–Crippen LogP) is 4.93. The lowest BCUT2D eigenvalue weighted by atomic mass is 10.1. The van der Waals surface area contributed by atoms with Gasteiger partial charge in [-0.2, -0.15) is 0 Å². The van der Waals surface area contributed by atoms with E-state index in [0.717, 1.165) is 13.0 Å². The quantitative estimate of drug-likeness (QED) is 0.316. The maximum absolute atomic E-state index is 11.7. The lowest BCUT2D eigenvalue weighted by Crippen LogP contribution is -2.10. The van der Waals surface area contributed by atoms with Crippen molar-refractivity contribution in [2.45, 2.75) is 71.1 Å². The summed E-state index contributed by atoms with van der Waals surface area (Å²) < 4.78 is 27.5. The topological polar surface area (TPSA) is 27.7 Å². The van der Waals surface area contributed by atoms with Crippen molar-refractivity contribution in [3.63, 3.8) is 0 Å². The first-order chi connectivity index (χ1) is 10.9. The molecule has 0 spiro atoms. The van der Waals surface area contributed by atoms with Gasteiger partial charge in [0.1, 0.15) is 6.67 Å². The van der Waals surface area contributed by atoms with Crippen LogP contribution in [0.5, 0.6) is 0 Å². The molecular weight excluding hydrogens is 283 g/mol. The molecule has 0 aromatic rings. The monoisotopic (exact) mass is 320 g/mol. The van der Waals surface area contributed by atoms with Crippen LogP contribution in [0.1, 0.15) is 71.1 Å². The summed E-state index contributed by atoms with van der Waals surface area (Å²) in [6, 6.07) is 0. The molecule has 0 bridgehead atoms. The average molecular weight is 320 g/mol. The molecule has 0 radical (unpaired) electrons. The van der Waals surface area contributed by atoms with Gasteiger partial charge in [0.05, 0.1) is 33.0 Å². The van der Waals surface area contributed by atoms with Crippen molar-refractivity contribution < 1.29 is 18.6 Å². The zero-order chi connectivity index (χ0) is 16.1. The Kier molecular flexibility index (Phi) is 20.6. The van der Waals surface area contributed by atoms with E-state index in [1.165, 1.54) is 57.8 Å². The highest BCUT2D eigenvalue weighted by Crippen LogP contribution is 2.10. The summed E-state index contributed by atoms with van der Waals surface area (Å²) in [4.78, 5) is 0. The Hall–Kier alpha value is -0.190. The second kappa shape index (κ2) is 20.8. The van der Waals surface area contributed by atoms with Gasteiger partial charge in [0.15, 0.2) is 0 Å². The van der Waals surface area contributed by atoms with Gasteiger partial charge in [-0.3, -0.25) is 0 Å². The number of alkyl halides is 1. The molecule has 0 heterocycles. The SMILES string of the molecule is CCCCCCCCCCCCOCCOCCOCCF. The van der Waals surface area contributed by atoms with Crippen molar-refractivity contribution in [3.05, 3.63) is 0 Å². The molecule has 0 aromatic carbocycles. The van der Waals surface area contributed by atoms with E-state index in [2.05, 4.69) is 6.92 Å². The molecule has 0 saturated carbocycles. The molecule has 0 aliphatic carbocycles. The van der Waals surface area contributed by atoms with Gasteiger partial charge in [0, 0.05) is 6.61 Å². The van der Waals surface area contributed by atoms with Crippen LogP contribution in [0, 0.1) is 0 Å². The van der Waals surface area contributed by atoms with E-state index in [0.29, 0.717) is 26.4 Å². The van der Waals surface area contributed by atoms with Crippen molar-refractivity contribution in [3.8, 4) is 0 Å². The van der Waals surface area contributed by atoms with E-state index >= 15 is 0 Å². The Balaban J connectivity index is 2.91. The molecule has 134 valence electrons. The van der Waals surface area contributed by atoms with Gasteiger partial charge >= 0.3 is 0 Å². The minimum Gasteiger partial charge on any atom is -0.379 e. The molecule has 0 aliphatic rings. The lowest BCUT2D eigenvalue weighted by molar-refractivity contribution is 0.0117. The molecule has 0 rings (SSSR count). The van der Waals surface area contributed by atoms with Crippen molar-refractivity contribution in [2.75, 3.05) is 46.3 Å². The molecule has 0 saturated heterocycles. The number of halogens is 1. The van der Waals surface area contributed by atoms with E-state index < -0.39 is 6.67 Å². The molecule has 0 amide bonds. The van der Waals surface area contributed by atoms with Gasteiger partial charge < -0.3 is 14.2 Å². The largest absolute Gasteiger partial charge is 0.379 e. The third kappa shape index (κ3) is 19.8. The van der Waals surface area contributed by atoms with Crippen LogP contribution in [0.3, 0.4) is 0 Å². The first kappa shape index (κ1) is 21.8. The lowest BCUT2D eigenvalue weighted by Gasteiger charge is -2.06. The highest BCUT2D eigenvalue weighted by molar-refractivity contribution is 4.47. The summed E-state index contributed by atoms with van der Waals surface area (Å²) in [5, 5.41) is 0. The minimum atomic E-state index is -0.429. The smallest absolute Gasteiger partial charge is 0.113 e. The fraction of sp³-hybridized carbons (Fsp3) is 1.00. The molecule has 22 heavy (non-hydrogen) atoms. The van der Waals surface area contributed by atoms with Gasteiger partial charge in [0.25, 0.3) is 0 Å². The summed E-state index contributed by atoms with van der Waals surface area (Å²) in [7, 11) is 0. The Morgan fingerprint density at radius 2 is 0.909 bits per heavy atom. The normalized spacial score (nSPS) is 11.2. The molecule has 0 N–H and O–H groups in total. The number of hydrogen-bond donors (Lipinski definition) is 0. The first-order valence-electron chi connectivity index (χ1n) is 9.21. The van der Waals surface area contributed by atoms with Crippen LogP contribution < -0.4 is 0 Å². The average Bonchev–Trinajstić information content (AvgIpc) is 2.54. The zero-order valence-electron chi connectivity index (χ0n) is 14.6. The van der Waals surface area contributed by atoms with Gasteiger partial charge in [-0.25, -0.2) is 4.39 Å². The number of unbranched alkanes of at least 4 members (excludes halogenated alkanes) is 9. The third-order valence-corrected chi connectivity index (χ3v) is 3.61. The molecule has 0 fully saturated rings. The van der Waals surface area contributed by atoms with E-state index in [-0.39, 0.29) is 6.61 Å². The van der Waals surface area contributed by atoms with Gasteiger partial charge in [-0.05, 0) is 6.42 Å². The second-order valence-electron chi connectivity index (χ2n) is 5.71. The van der Waals surface area contributed by atoms with Crippen LogP contribution in [0.4, 0.5) is 4.39 Å². The fourth-order valence-corrected chi connectivity index (χ4v) is 2.29. The van der Waals surface area contributed by atoms with E-state index in [1.807, 2.05) is 0 Å². The van der Waals surface area contributed by atoms with Crippen LogP contribution >= 0.6 is 0 Å². The maximum Gasteiger partial charge on any atom is 0.113 e. The van der Waals surface area contributed by atoms with Gasteiger partial charge in [-0.1, -0.05) is 64.7 Å². The Labute approximate surface area is 136 Å². The molecule has 0 aromatic heterocycles. The summed E-state index contributed by atoms with van der Waals surface area (Å²) >= 11 is 0. The van der Waals surface area contributed by atoms with E-state index in [1.54, 1.807) is 0 Å². The molecule has 0 atom stereocenters. The van der Waals surface area contributed by atoms with Crippen LogP contribution in [0.25, 0.3) is 0 Å². The summed E-state index contributed by atoms with van der Waals surface area (Å²) in [6.45, 7) is 5.04. The number of ether oxygens (including phenoxy) is 3. The standard InChI is InChI=1S/C18H37FO3/c1-2-3-4-5-6-7-8-9-10-11-13-20-15-17-22-18-16-21-14-12-19/h2-18H2,1H3. The van der Waals surface area contributed by atoms with Crippen molar-refractivity contribution >= 4 is 0 Å². The molecule has 0 unspecified atom stereocenters. The minimum absolute atomic E-state index is 0.165. The summed E-state index contributed by atoms with van der Waals surface area (Å²) in [6.07, 6.45) is 13.5. The van der Waals surface area contributed by atoms with Crippen LogP contribution in [-0.4, -0.2) is 46.3 Å². The molecular formula is C18H37FO3. The van der Waals surface area contributed by atoms with Crippen molar-refractivity contribution in [1.29, 1.82) is 0 Å². The van der Waals surface area contributed by atoms with E-state index in [4.69, 9.17) is 14.2 Å². The highest BCUT2D eigenvalue weighted by Gasteiger charge is 1.94. The zero-order valence-corrected chi connectivity index (χ0v) is 14.6. The van der Waals surface area contributed by atoms with Crippen LogP contribution in [-0.2, 0) is 14.2 Å². The Bertz CT molecular complexity index is 171. The highest BCUT2D eigenvalue weighted by atomic mass is 19.1. The molecule has 4 heteroatoms. The summed E-state index contributed by atoms with van der Waals surface area (Å²) in [5.74, 6) is 0. The van der Waals surface area contributed by atoms with Crippen molar-refractivity contribution in [1.82, 2.24) is 0 Å². The molecule has 0 aliphatic heterocycles. The van der Waals surface area contributed by atoms with Crippen LogP contribution in [0.2, 0.25) is 0 Å². The number of rotatable bonds is 19. The first-order valence-corrected chi connectivity index (χ1v) is 9.21. The Morgan fingerprint density at radius 1 is 0.500 bits per heavy atom. The van der Waals surface area contributed by atoms with Crippen LogP contribution in [0.15, 0.2) is 0 Å².